The van der Waals surface area contributed by atoms with E-state index in [0.29, 0.717) is 0 Å². The minimum absolute atomic E-state index is 0.132. The van der Waals surface area contributed by atoms with E-state index >= 15 is 0 Å². The fourth-order valence-electron chi connectivity index (χ4n) is 1.64. The Morgan fingerprint density at radius 1 is 0.941 bits per heavy atom. The third-order valence-electron chi connectivity index (χ3n) is 2.46. The molecular formula is C15H14OSe. The Bertz CT molecular complexity index is 411. The predicted octanol–water partition coefficient (Wildman–Crippen LogP) is 2.25. The number of aldehydes is 1. The van der Waals surface area contributed by atoms with Crippen LogP contribution in [0.2, 0.25) is 4.82 Å². The monoisotopic (exact) mass is 290 g/mol. The summed E-state index contributed by atoms with van der Waals surface area (Å²) in [6.45, 7) is 0. The van der Waals surface area contributed by atoms with Gasteiger partial charge in [0.25, 0.3) is 0 Å². The fraction of sp³-hybridized carbons (Fsp3) is 0.133. The molecule has 0 bridgehead atoms. The van der Waals surface area contributed by atoms with E-state index in [1.54, 1.807) is 0 Å². The average molecular weight is 289 g/mol. The van der Waals surface area contributed by atoms with Crippen LogP contribution in [0.1, 0.15) is 5.56 Å². The van der Waals surface area contributed by atoms with Crippen LogP contribution in [0.4, 0.5) is 0 Å². The van der Waals surface area contributed by atoms with Crippen LogP contribution < -0.4 is 4.46 Å². The molecular weight excluding hydrogens is 275 g/mol. The molecule has 0 aliphatic carbocycles. The second kappa shape index (κ2) is 6.39. The second-order valence-corrected chi connectivity index (χ2v) is 6.55. The van der Waals surface area contributed by atoms with Gasteiger partial charge in [-0.3, -0.25) is 0 Å². The quantitative estimate of drug-likeness (QED) is 0.609. The molecule has 2 aromatic carbocycles. The minimum atomic E-state index is 0.132. The van der Waals surface area contributed by atoms with Crippen LogP contribution >= 0.6 is 0 Å². The summed E-state index contributed by atoms with van der Waals surface area (Å²) < 4.78 is 1.29. The van der Waals surface area contributed by atoms with E-state index in [2.05, 4.69) is 24.3 Å². The van der Waals surface area contributed by atoms with Gasteiger partial charge in [-0.05, 0) is 0 Å². The summed E-state index contributed by atoms with van der Waals surface area (Å²) >= 11 is 0.221. The molecule has 86 valence electrons. The van der Waals surface area contributed by atoms with E-state index in [0.717, 1.165) is 12.7 Å². The summed E-state index contributed by atoms with van der Waals surface area (Å²) in [7, 11) is 0. The van der Waals surface area contributed by atoms with Gasteiger partial charge in [0.1, 0.15) is 0 Å². The van der Waals surface area contributed by atoms with Crippen molar-refractivity contribution < 1.29 is 4.79 Å². The Morgan fingerprint density at radius 3 is 2.12 bits per heavy atom. The Morgan fingerprint density at radius 2 is 1.53 bits per heavy atom. The fourth-order valence-corrected chi connectivity index (χ4v) is 3.73. The Balaban J connectivity index is 2.01. The van der Waals surface area contributed by atoms with Crippen molar-refractivity contribution in [1.82, 2.24) is 0 Å². The maximum absolute atomic E-state index is 11.1. The van der Waals surface area contributed by atoms with E-state index in [-0.39, 0.29) is 19.8 Å². The van der Waals surface area contributed by atoms with E-state index in [9.17, 15) is 4.79 Å². The van der Waals surface area contributed by atoms with E-state index in [4.69, 9.17) is 0 Å². The predicted molar refractivity (Wildman–Crippen MR) is 71.8 cm³/mol. The second-order valence-electron chi connectivity index (χ2n) is 3.80. The Kier molecular flexibility index (Phi) is 4.54. The van der Waals surface area contributed by atoms with Crippen molar-refractivity contribution in [2.45, 2.75) is 11.2 Å². The molecule has 0 aromatic heterocycles. The molecule has 0 N–H and O–H groups in total. The van der Waals surface area contributed by atoms with Gasteiger partial charge >= 0.3 is 108 Å². The van der Waals surface area contributed by atoms with Gasteiger partial charge in [0, 0.05) is 0 Å². The van der Waals surface area contributed by atoms with Crippen LogP contribution in [0.5, 0.6) is 0 Å². The van der Waals surface area contributed by atoms with Crippen molar-refractivity contribution in [3.63, 3.8) is 0 Å². The van der Waals surface area contributed by atoms with Gasteiger partial charge in [0.15, 0.2) is 0 Å². The van der Waals surface area contributed by atoms with Crippen LogP contribution in [0.25, 0.3) is 0 Å². The molecule has 0 amide bonds. The SMILES string of the molecule is O=CC(Cc1ccccc1)[Se]c1ccccc1. The molecule has 0 saturated heterocycles. The average Bonchev–Trinajstić information content (AvgIpc) is 2.40. The normalized spacial score (nSPS) is 12.0. The first-order valence-electron chi connectivity index (χ1n) is 5.59. The van der Waals surface area contributed by atoms with Gasteiger partial charge < -0.3 is 0 Å². The summed E-state index contributed by atoms with van der Waals surface area (Å²) in [6.07, 6.45) is 1.94. The number of carbonyl (C=O) groups is 1. The molecule has 0 aliphatic heterocycles. The molecule has 2 heteroatoms. The summed E-state index contributed by atoms with van der Waals surface area (Å²) in [4.78, 5) is 11.3. The molecule has 1 atom stereocenters. The van der Waals surface area contributed by atoms with Crippen LogP contribution in [-0.4, -0.2) is 21.2 Å². The topological polar surface area (TPSA) is 17.1 Å². The molecule has 0 spiro atoms. The molecule has 2 aromatic rings. The first-order chi connectivity index (χ1) is 8.38. The van der Waals surface area contributed by atoms with Gasteiger partial charge in [-0.2, -0.15) is 0 Å². The molecule has 0 heterocycles. The molecule has 1 nitrogen and oxygen atoms in total. The third-order valence-corrected chi connectivity index (χ3v) is 4.82. The summed E-state index contributed by atoms with van der Waals surface area (Å²) in [6, 6.07) is 20.5. The first-order valence-corrected chi connectivity index (χ1v) is 7.44. The zero-order valence-electron chi connectivity index (χ0n) is 9.45. The number of benzene rings is 2. The molecule has 2 rings (SSSR count). The zero-order chi connectivity index (χ0) is 11.9. The van der Waals surface area contributed by atoms with Crippen molar-refractivity contribution in [3.8, 4) is 0 Å². The van der Waals surface area contributed by atoms with Crippen LogP contribution in [0.3, 0.4) is 0 Å². The van der Waals surface area contributed by atoms with Crippen LogP contribution in [0, 0.1) is 0 Å². The van der Waals surface area contributed by atoms with Crippen molar-refractivity contribution in [2.24, 2.45) is 0 Å². The third kappa shape index (κ3) is 3.85. The van der Waals surface area contributed by atoms with Crippen molar-refractivity contribution >= 4 is 25.7 Å². The molecule has 0 radical (unpaired) electrons. The molecule has 1 unspecified atom stereocenters. The first kappa shape index (κ1) is 12.1. The summed E-state index contributed by atoms with van der Waals surface area (Å²) in [5, 5.41) is 0. The molecule has 0 fully saturated rings. The number of rotatable bonds is 5. The maximum atomic E-state index is 11.1. The van der Waals surface area contributed by atoms with Crippen LogP contribution in [-0.2, 0) is 11.2 Å². The van der Waals surface area contributed by atoms with E-state index < -0.39 is 0 Å². The van der Waals surface area contributed by atoms with Crippen molar-refractivity contribution in [2.75, 3.05) is 0 Å². The van der Waals surface area contributed by atoms with E-state index in [1.165, 1.54) is 10.0 Å². The van der Waals surface area contributed by atoms with E-state index in [1.807, 2.05) is 36.4 Å². The van der Waals surface area contributed by atoms with Gasteiger partial charge in [-0.15, -0.1) is 0 Å². The van der Waals surface area contributed by atoms with Gasteiger partial charge in [-0.25, -0.2) is 0 Å². The molecule has 0 aliphatic rings. The summed E-state index contributed by atoms with van der Waals surface area (Å²) in [5.74, 6) is 0. The van der Waals surface area contributed by atoms with Gasteiger partial charge in [-0.1, -0.05) is 0 Å². The zero-order valence-corrected chi connectivity index (χ0v) is 11.2. The molecule has 17 heavy (non-hydrogen) atoms. The van der Waals surface area contributed by atoms with Crippen molar-refractivity contribution in [1.29, 1.82) is 0 Å². The van der Waals surface area contributed by atoms with Crippen LogP contribution in [0.15, 0.2) is 60.7 Å². The van der Waals surface area contributed by atoms with Crippen molar-refractivity contribution in [3.05, 3.63) is 66.2 Å². The molecule has 0 saturated carbocycles. The standard InChI is InChI=1S/C15H14OSe/c16-12-15(11-13-7-3-1-4-8-13)17-14-9-5-2-6-10-14/h1-10,12,15H,11H2. The Hall–Kier alpha value is -1.37. The number of carbonyl (C=O) groups excluding carboxylic acids is 1. The number of hydrogen-bond acceptors (Lipinski definition) is 1. The number of hydrogen-bond donors (Lipinski definition) is 0. The Labute approximate surface area is 108 Å². The summed E-state index contributed by atoms with van der Waals surface area (Å²) in [5.41, 5.74) is 1.24. The van der Waals surface area contributed by atoms with Gasteiger partial charge in [0.2, 0.25) is 0 Å². The van der Waals surface area contributed by atoms with Gasteiger partial charge in [0.05, 0.1) is 0 Å².